The summed E-state index contributed by atoms with van der Waals surface area (Å²) in [6.45, 7) is 2.27. The Balaban J connectivity index is 1.41. The zero-order chi connectivity index (χ0) is 22.5. The highest BCUT2D eigenvalue weighted by molar-refractivity contribution is 6.30. The van der Waals surface area contributed by atoms with Crippen LogP contribution in [-0.2, 0) is 12.8 Å². The van der Waals surface area contributed by atoms with Crippen molar-refractivity contribution in [3.8, 4) is 0 Å². The summed E-state index contributed by atoms with van der Waals surface area (Å²) in [4.78, 5) is 0. The first-order valence-electron chi connectivity index (χ1n) is 12.2. The van der Waals surface area contributed by atoms with Gasteiger partial charge in [0.25, 0.3) is 0 Å². The second-order valence-corrected chi connectivity index (χ2v) is 9.89. The Morgan fingerprint density at radius 2 is 1.69 bits per heavy atom. The van der Waals surface area contributed by atoms with Crippen LogP contribution in [0.25, 0.3) is 10.8 Å². The molecule has 1 saturated carbocycles. The number of hydrogen-bond donors (Lipinski definition) is 0. The molecule has 32 heavy (non-hydrogen) atoms. The van der Waals surface area contributed by atoms with Crippen LogP contribution in [0.3, 0.4) is 0 Å². The lowest BCUT2D eigenvalue weighted by Gasteiger charge is -2.29. The van der Waals surface area contributed by atoms with Gasteiger partial charge in [0.15, 0.2) is 0 Å². The summed E-state index contributed by atoms with van der Waals surface area (Å²) in [6, 6.07) is 15.0. The molecular weight excluding hydrogens is 422 g/mol. The van der Waals surface area contributed by atoms with E-state index in [9.17, 15) is 4.39 Å². The highest BCUT2D eigenvalue weighted by Gasteiger charge is 2.22. The molecule has 3 heteroatoms. The molecule has 0 saturated heterocycles. The molecule has 0 atom stereocenters. The molecule has 1 aliphatic rings. The minimum Gasteiger partial charge on any atom is -0.206 e. The molecule has 0 amide bonds. The van der Waals surface area contributed by atoms with Crippen molar-refractivity contribution in [3.05, 3.63) is 81.9 Å². The monoisotopic (exact) mass is 454 g/mol. The maximum absolute atomic E-state index is 15.2. The fourth-order valence-electron chi connectivity index (χ4n) is 5.24. The zero-order valence-corrected chi connectivity index (χ0v) is 19.7. The Hall–Kier alpha value is -1.93. The molecule has 1 aliphatic carbocycles. The van der Waals surface area contributed by atoms with Crippen LogP contribution in [0.4, 0.5) is 8.78 Å². The third-order valence-electron chi connectivity index (χ3n) is 7.26. The van der Waals surface area contributed by atoms with Gasteiger partial charge >= 0.3 is 0 Å². The molecule has 0 bridgehead atoms. The summed E-state index contributed by atoms with van der Waals surface area (Å²) in [6.07, 6.45) is 11.7. The van der Waals surface area contributed by atoms with E-state index in [1.165, 1.54) is 63.0 Å². The highest BCUT2D eigenvalue weighted by atomic mass is 35.5. The maximum atomic E-state index is 15.2. The van der Waals surface area contributed by atoms with Crippen molar-refractivity contribution in [2.24, 2.45) is 5.92 Å². The van der Waals surface area contributed by atoms with Gasteiger partial charge in [-0.15, -0.1) is 0 Å². The number of unbranched alkanes of at least 4 members (excludes halogenated alkanes) is 2. The van der Waals surface area contributed by atoms with Crippen molar-refractivity contribution in [3.63, 3.8) is 0 Å². The van der Waals surface area contributed by atoms with Crippen molar-refractivity contribution >= 4 is 22.4 Å². The quantitative estimate of drug-likeness (QED) is 0.297. The molecule has 0 nitrogen and oxygen atoms in total. The number of halogens is 3. The zero-order valence-electron chi connectivity index (χ0n) is 19.0. The number of aryl methyl sites for hydroxylation is 2. The third-order valence-corrected chi connectivity index (χ3v) is 7.57. The SMILES string of the molecule is CCCCCC1CCC(c2ccc3c(F)c(CCc4ccc(Cl)c(F)c4)ccc3c2)CC1. The van der Waals surface area contributed by atoms with Gasteiger partial charge in [0.1, 0.15) is 11.6 Å². The van der Waals surface area contributed by atoms with Crippen LogP contribution in [-0.4, -0.2) is 0 Å². The lowest BCUT2D eigenvalue weighted by molar-refractivity contribution is 0.303. The van der Waals surface area contributed by atoms with E-state index >= 15 is 4.39 Å². The molecule has 3 aromatic carbocycles. The van der Waals surface area contributed by atoms with E-state index < -0.39 is 5.82 Å². The largest absolute Gasteiger partial charge is 0.206 e. The minimum atomic E-state index is -0.425. The molecule has 0 unspecified atom stereocenters. The van der Waals surface area contributed by atoms with E-state index in [-0.39, 0.29) is 10.8 Å². The fourth-order valence-corrected chi connectivity index (χ4v) is 5.36. The lowest BCUT2D eigenvalue weighted by atomic mass is 9.76. The highest BCUT2D eigenvalue weighted by Crippen LogP contribution is 2.39. The van der Waals surface area contributed by atoms with Crippen LogP contribution in [0.15, 0.2) is 48.5 Å². The van der Waals surface area contributed by atoms with E-state index in [1.54, 1.807) is 12.1 Å². The van der Waals surface area contributed by atoms with Crippen molar-refractivity contribution in [1.82, 2.24) is 0 Å². The Morgan fingerprint density at radius 1 is 0.875 bits per heavy atom. The number of hydrogen-bond acceptors (Lipinski definition) is 0. The first-order valence-corrected chi connectivity index (χ1v) is 12.6. The number of fused-ring (bicyclic) bond motifs is 1. The van der Waals surface area contributed by atoms with Gasteiger partial charge in [0.05, 0.1) is 5.02 Å². The van der Waals surface area contributed by atoms with Gasteiger partial charge in [-0.1, -0.05) is 80.6 Å². The molecule has 0 aliphatic heterocycles. The van der Waals surface area contributed by atoms with Crippen LogP contribution in [0.2, 0.25) is 5.02 Å². The summed E-state index contributed by atoms with van der Waals surface area (Å²) in [5, 5.41) is 1.78. The molecule has 0 radical (unpaired) electrons. The number of rotatable bonds is 8. The van der Waals surface area contributed by atoms with Crippen molar-refractivity contribution < 1.29 is 8.78 Å². The smallest absolute Gasteiger partial charge is 0.142 e. The average molecular weight is 455 g/mol. The van der Waals surface area contributed by atoms with Gasteiger partial charge in [0.2, 0.25) is 0 Å². The van der Waals surface area contributed by atoms with Crippen molar-refractivity contribution in [2.45, 2.75) is 77.0 Å². The van der Waals surface area contributed by atoms with Gasteiger partial charge in [-0.05, 0) is 84.6 Å². The predicted molar refractivity (Wildman–Crippen MR) is 132 cm³/mol. The molecule has 0 spiro atoms. The van der Waals surface area contributed by atoms with Crippen LogP contribution < -0.4 is 0 Å². The Bertz CT molecular complexity index is 1050. The molecule has 0 N–H and O–H groups in total. The van der Waals surface area contributed by atoms with E-state index in [4.69, 9.17) is 11.6 Å². The fraction of sp³-hybridized carbons (Fsp3) is 0.448. The first kappa shape index (κ1) is 23.2. The second kappa shape index (κ2) is 10.8. The minimum absolute atomic E-state index is 0.117. The third kappa shape index (κ3) is 5.52. The average Bonchev–Trinajstić information content (AvgIpc) is 2.81. The molecule has 1 fully saturated rings. The molecule has 4 rings (SSSR count). The normalized spacial score (nSPS) is 18.9. The standard InChI is InChI=1S/C29H33ClF2/c1-2-3-4-5-20-6-10-22(11-7-20)24-15-16-26-25(19-24)14-13-23(29(26)32)12-8-21-9-17-27(30)28(31)18-21/h9,13-20,22H,2-8,10-12H2,1H3. The van der Waals surface area contributed by atoms with Crippen LogP contribution in [0.1, 0.15) is 80.9 Å². The topological polar surface area (TPSA) is 0 Å². The lowest BCUT2D eigenvalue weighted by Crippen LogP contribution is -2.13. The van der Waals surface area contributed by atoms with Gasteiger partial charge in [-0.2, -0.15) is 0 Å². The van der Waals surface area contributed by atoms with E-state index in [0.717, 1.165) is 16.9 Å². The first-order chi connectivity index (χ1) is 15.5. The van der Waals surface area contributed by atoms with Crippen LogP contribution in [0.5, 0.6) is 0 Å². The van der Waals surface area contributed by atoms with Crippen molar-refractivity contribution in [2.75, 3.05) is 0 Å². The van der Waals surface area contributed by atoms with Crippen LogP contribution in [0, 0.1) is 17.6 Å². The summed E-state index contributed by atoms with van der Waals surface area (Å²) >= 11 is 5.75. The summed E-state index contributed by atoms with van der Waals surface area (Å²) in [5.41, 5.74) is 2.86. The number of benzene rings is 3. The molecule has 170 valence electrons. The Morgan fingerprint density at radius 3 is 2.44 bits per heavy atom. The summed E-state index contributed by atoms with van der Waals surface area (Å²) < 4.78 is 28.9. The van der Waals surface area contributed by atoms with Gasteiger partial charge < -0.3 is 0 Å². The predicted octanol–water partition coefficient (Wildman–Crippen LogP) is 9.41. The summed E-state index contributed by atoms with van der Waals surface area (Å²) in [5.74, 6) is 0.922. The van der Waals surface area contributed by atoms with Gasteiger partial charge in [-0.25, -0.2) is 8.78 Å². The maximum Gasteiger partial charge on any atom is 0.142 e. The van der Waals surface area contributed by atoms with Crippen molar-refractivity contribution in [1.29, 1.82) is 0 Å². The molecular formula is C29H33ClF2. The molecule has 3 aromatic rings. The van der Waals surface area contributed by atoms with Crippen LogP contribution >= 0.6 is 11.6 Å². The van der Waals surface area contributed by atoms with Gasteiger partial charge in [-0.3, -0.25) is 0 Å². The summed E-state index contributed by atoms with van der Waals surface area (Å²) in [7, 11) is 0. The van der Waals surface area contributed by atoms with Gasteiger partial charge in [0, 0.05) is 5.39 Å². The molecule has 0 aromatic heterocycles. The van der Waals surface area contributed by atoms with E-state index in [0.29, 0.717) is 29.7 Å². The molecule has 0 heterocycles. The second-order valence-electron chi connectivity index (χ2n) is 9.48. The Kier molecular flexibility index (Phi) is 7.84. The van der Waals surface area contributed by atoms with E-state index in [2.05, 4.69) is 19.1 Å². The Labute approximate surface area is 196 Å². The van der Waals surface area contributed by atoms with E-state index in [1.807, 2.05) is 18.2 Å².